The third-order valence-corrected chi connectivity index (χ3v) is 2.25. The van der Waals surface area contributed by atoms with Crippen molar-refractivity contribution in [1.29, 1.82) is 0 Å². The van der Waals surface area contributed by atoms with Crippen LogP contribution in [0.15, 0.2) is 12.1 Å². The van der Waals surface area contributed by atoms with Crippen molar-refractivity contribution in [3.63, 3.8) is 0 Å². The van der Waals surface area contributed by atoms with Crippen LogP contribution in [0.1, 0.15) is 22.3 Å². The molecule has 0 aliphatic carbocycles. The van der Waals surface area contributed by atoms with Gasteiger partial charge in [0.05, 0.1) is 5.56 Å². The Bertz CT molecular complexity index is 394. The van der Waals surface area contributed by atoms with Crippen molar-refractivity contribution < 1.29 is 13.2 Å². The zero-order valence-corrected chi connectivity index (χ0v) is 7.87. The number of hydrogen-bond donors (Lipinski definition) is 0. The van der Waals surface area contributed by atoms with Crippen molar-refractivity contribution in [1.82, 2.24) is 0 Å². The molecule has 0 saturated carbocycles. The quantitative estimate of drug-likeness (QED) is 0.561. The molecule has 0 N–H and O–H groups in total. The number of rotatable bonds is 0. The second-order valence-electron chi connectivity index (χ2n) is 3.05. The van der Waals surface area contributed by atoms with Crippen molar-refractivity contribution in [3.05, 3.63) is 34.4 Å². The molecule has 1 rings (SSSR count). The van der Waals surface area contributed by atoms with Crippen LogP contribution in [0.4, 0.5) is 13.2 Å². The Labute approximate surface area is 80.8 Å². The minimum absolute atomic E-state index is 0.202. The van der Waals surface area contributed by atoms with E-state index in [-0.39, 0.29) is 5.56 Å². The largest absolute Gasteiger partial charge is 0.416 e. The van der Waals surface area contributed by atoms with E-state index >= 15 is 0 Å². The van der Waals surface area contributed by atoms with Gasteiger partial charge in [0.1, 0.15) is 0 Å². The first-order valence-corrected chi connectivity index (χ1v) is 4.02. The lowest BCUT2D eigenvalue weighted by Gasteiger charge is -2.13. The van der Waals surface area contributed by atoms with Crippen molar-refractivity contribution in [3.8, 4) is 12.3 Å². The van der Waals surface area contributed by atoms with Crippen LogP contribution >= 0.6 is 0 Å². The molecule has 0 amide bonds. The minimum Gasteiger partial charge on any atom is -0.166 e. The highest BCUT2D eigenvalue weighted by Crippen LogP contribution is 2.33. The van der Waals surface area contributed by atoms with E-state index in [9.17, 15) is 13.2 Å². The van der Waals surface area contributed by atoms with Crippen LogP contribution in [0.3, 0.4) is 0 Å². The summed E-state index contributed by atoms with van der Waals surface area (Å²) < 4.78 is 37.2. The summed E-state index contributed by atoms with van der Waals surface area (Å²) in [7, 11) is 0. The highest BCUT2D eigenvalue weighted by molar-refractivity contribution is 5.47. The molecule has 0 radical (unpaired) electrons. The van der Waals surface area contributed by atoms with Crippen LogP contribution in [0, 0.1) is 26.2 Å². The van der Waals surface area contributed by atoms with Gasteiger partial charge in [0, 0.05) is 5.56 Å². The first-order chi connectivity index (χ1) is 6.38. The second-order valence-corrected chi connectivity index (χ2v) is 3.05. The number of hydrogen-bond acceptors (Lipinski definition) is 0. The molecule has 0 aromatic heterocycles. The van der Waals surface area contributed by atoms with E-state index in [2.05, 4.69) is 5.92 Å². The van der Waals surface area contributed by atoms with E-state index in [1.165, 1.54) is 13.0 Å². The van der Waals surface area contributed by atoms with Gasteiger partial charge >= 0.3 is 6.18 Å². The van der Waals surface area contributed by atoms with Gasteiger partial charge in [-0.25, -0.2) is 0 Å². The van der Waals surface area contributed by atoms with Gasteiger partial charge in [-0.1, -0.05) is 5.92 Å². The predicted molar refractivity (Wildman–Crippen MR) is 48.9 cm³/mol. The van der Waals surface area contributed by atoms with E-state index in [4.69, 9.17) is 6.42 Å². The van der Waals surface area contributed by atoms with Gasteiger partial charge in [-0.15, -0.1) is 6.42 Å². The fourth-order valence-corrected chi connectivity index (χ4v) is 1.28. The Balaban J connectivity index is 3.41. The summed E-state index contributed by atoms with van der Waals surface area (Å²) in [5.74, 6) is 2.35. The zero-order chi connectivity index (χ0) is 10.9. The molecule has 74 valence electrons. The van der Waals surface area contributed by atoms with Crippen molar-refractivity contribution in [2.75, 3.05) is 0 Å². The topological polar surface area (TPSA) is 0 Å². The second kappa shape index (κ2) is 3.38. The number of terminal acetylenes is 1. The van der Waals surface area contributed by atoms with Gasteiger partial charge in [-0.2, -0.15) is 13.2 Å². The lowest BCUT2D eigenvalue weighted by molar-refractivity contribution is -0.138. The molecule has 0 atom stereocenters. The summed E-state index contributed by atoms with van der Waals surface area (Å²) >= 11 is 0. The molecule has 0 nitrogen and oxygen atoms in total. The van der Waals surface area contributed by atoms with Crippen LogP contribution in [-0.2, 0) is 6.18 Å². The van der Waals surface area contributed by atoms with E-state index in [0.29, 0.717) is 11.1 Å². The van der Waals surface area contributed by atoms with E-state index in [1.807, 2.05) is 0 Å². The van der Waals surface area contributed by atoms with Gasteiger partial charge in [-0.3, -0.25) is 0 Å². The van der Waals surface area contributed by atoms with Gasteiger partial charge in [0.2, 0.25) is 0 Å². The van der Waals surface area contributed by atoms with Crippen LogP contribution < -0.4 is 0 Å². The van der Waals surface area contributed by atoms with Crippen molar-refractivity contribution in [2.24, 2.45) is 0 Å². The molecule has 1 aromatic carbocycles. The van der Waals surface area contributed by atoms with E-state index in [0.717, 1.165) is 6.07 Å². The van der Waals surface area contributed by atoms with Gasteiger partial charge in [-0.05, 0) is 37.1 Å². The Morgan fingerprint density at radius 1 is 1.14 bits per heavy atom. The molecule has 0 unspecified atom stereocenters. The molecule has 1 aromatic rings. The Morgan fingerprint density at radius 3 is 2.14 bits per heavy atom. The van der Waals surface area contributed by atoms with Crippen LogP contribution in [0.5, 0.6) is 0 Å². The molecule has 0 aliphatic heterocycles. The Hall–Kier alpha value is -1.43. The summed E-state index contributed by atoms with van der Waals surface area (Å²) in [4.78, 5) is 0. The van der Waals surface area contributed by atoms with Crippen LogP contribution in [0.25, 0.3) is 0 Å². The standard InChI is InChI=1S/C11H9F3/c1-4-9-5-6-10(11(12,13)14)8(3)7(9)2/h1,5-6H,2-3H3. The molecule has 0 bridgehead atoms. The minimum atomic E-state index is -4.30. The van der Waals surface area contributed by atoms with E-state index in [1.54, 1.807) is 6.92 Å². The molecule has 14 heavy (non-hydrogen) atoms. The monoisotopic (exact) mass is 198 g/mol. The van der Waals surface area contributed by atoms with Crippen molar-refractivity contribution in [2.45, 2.75) is 20.0 Å². The highest BCUT2D eigenvalue weighted by atomic mass is 19.4. The molecule has 0 fully saturated rings. The fraction of sp³-hybridized carbons (Fsp3) is 0.273. The summed E-state index contributed by atoms with van der Waals surface area (Å²) in [5.41, 5.74) is 0.611. The summed E-state index contributed by atoms with van der Waals surface area (Å²) in [6.07, 6.45) is 0.844. The molecular formula is C11H9F3. The van der Waals surface area contributed by atoms with Crippen LogP contribution in [0.2, 0.25) is 0 Å². The molecule has 0 heterocycles. The lowest BCUT2D eigenvalue weighted by atomic mass is 9.98. The molecule has 0 aliphatic rings. The van der Waals surface area contributed by atoms with Crippen molar-refractivity contribution >= 4 is 0 Å². The number of halogens is 3. The van der Waals surface area contributed by atoms with Crippen LogP contribution in [-0.4, -0.2) is 0 Å². The summed E-state index contributed by atoms with van der Waals surface area (Å²) in [5, 5.41) is 0. The SMILES string of the molecule is C#Cc1ccc(C(F)(F)F)c(C)c1C. The Kier molecular flexibility index (Phi) is 2.57. The third kappa shape index (κ3) is 1.74. The maximum Gasteiger partial charge on any atom is 0.416 e. The predicted octanol–water partition coefficient (Wildman–Crippen LogP) is 3.30. The zero-order valence-electron chi connectivity index (χ0n) is 7.87. The molecule has 0 spiro atoms. The normalized spacial score (nSPS) is 11.1. The smallest absolute Gasteiger partial charge is 0.166 e. The Morgan fingerprint density at radius 2 is 1.71 bits per heavy atom. The van der Waals surface area contributed by atoms with Gasteiger partial charge in [0.15, 0.2) is 0 Å². The fourth-order valence-electron chi connectivity index (χ4n) is 1.28. The first kappa shape index (κ1) is 10.6. The lowest BCUT2D eigenvalue weighted by Crippen LogP contribution is -2.09. The van der Waals surface area contributed by atoms with Gasteiger partial charge in [0.25, 0.3) is 0 Å². The third-order valence-electron chi connectivity index (χ3n) is 2.25. The first-order valence-electron chi connectivity index (χ1n) is 4.02. The summed E-state index contributed by atoms with van der Waals surface area (Å²) in [6.45, 7) is 3.03. The molecular weight excluding hydrogens is 189 g/mol. The maximum atomic E-state index is 12.4. The average Bonchev–Trinajstić information content (AvgIpc) is 2.07. The maximum absolute atomic E-state index is 12.4. The molecule has 3 heteroatoms. The molecule has 0 saturated heterocycles. The number of alkyl halides is 3. The van der Waals surface area contributed by atoms with E-state index < -0.39 is 11.7 Å². The summed E-state index contributed by atoms with van der Waals surface area (Å²) in [6, 6.07) is 2.35. The number of benzene rings is 1. The highest BCUT2D eigenvalue weighted by Gasteiger charge is 2.32. The van der Waals surface area contributed by atoms with Gasteiger partial charge < -0.3 is 0 Å². The average molecular weight is 198 g/mol.